The summed E-state index contributed by atoms with van der Waals surface area (Å²) in [6.07, 6.45) is -0.0763. The average molecular weight is 495 g/mol. The lowest BCUT2D eigenvalue weighted by Gasteiger charge is -2.18. The number of nitrogens with one attached hydrogen (secondary N) is 2. The van der Waals surface area contributed by atoms with E-state index in [9.17, 15) is 9.18 Å². The van der Waals surface area contributed by atoms with Crippen molar-refractivity contribution in [1.82, 2.24) is 5.32 Å². The molecule has 1 saturated heterocycles. The Kier molecular flexibility index (Phi) is 8.28. The molecular weight excluding hydrogens is 467 g/mol. The Morgan fingerprint density at radius 3 is 2.84 bits per heavy atom. The van der Waals surface area contributed by atoms with Crippen LogP contribution in [0.5, 0.6) is 5.75 Å². The highest BCUT2D eigenvalue weighted by Crippen LogP contribution is 2.30. The fraction of sp³-hybridized carbons (Fsp3) is 0.435. The van der Waals surface area contributed by atoms with Crippen molar-refractivity contribution in [3.05, 3.63) is 57.3 Å². The second kappa shape index (κ2) is 10.9. The van der Waals surface area contributed by atoms with E-state index < -0.39 is 11.9 Å². The molecule has 6 nitrogen and oxygen atoms in total. The third-order valence-corrected chi connectivity index (χ3v) is 5.63. The summed E-state index contributed by atoms with van der Waals surface area (Å²) in [5, 5.41) is 5.62. The molecule has 2 aromatic rings. The molecule has 8 heteroatoms. The van der Waals surface area contributed by atoms with Crippen LogP contribution < -0.4 is 15.4 Å². The summed E-state index contributed by atoms with van der Waals surface area (Å²) in [4.78, 5) is 12.3. The highest BCUT2D eigenvalue weighted by molar-refractivity contribution is 9.10. The second-order valence-corrected chi connectivity index (χ2v) is 8.62. The third-order valence-electron chi connectivity index (χ3n) is 5.13. The summed E-state index contributed by atoms with van der Waals surface area (Å²) < 4.78 is 32.3. The predicted octanol–water partition coefficient (Wildman–Crippen LogP) is 5.14. The number of anilines is 1. The molecule has 2 atom stereocenters. The number of rotatable bonds is 8. The van der Waals surface area contributed by atoms with Gasteiger partial charge in [-0.1, -0.05) is 28.9 Å². The highest BCUT2D eigenvalue weighted by Gasteiger charge is 2.22. The van der Waals surface area contributed by atoms with Gasteiger partial charge in [-0.25, -0.2) is 9.18 Å². The van der Waals surface area contributed by atoms with Crippen molar-refractivity contribution < 1.29 is 23.4 Å². The van der Waals surface area contributed by atoms with Crippen molar-refractivity contribution in [2.45, 2.75) is 38.8 Å². The van der Waals surface area contributed by atoms with Crippen molar-refractivity contribution in [1.29, 1.82) is 0 Å². The first kappa shape index (κ1) is 23.5. The average Bonchev–Trinajstić information content (AvgIpc) is 3.22. The van der Waals surface area contributed by atoms with Gasteiger partial charge in [0.05, 0.1) is 19.8 Å². The Morgan fingerprint density at radius 2 is 2.16 bits per heavy atom. The van der Waals surface area contributed by atoms with Gasteiger partial charge in [0, 0.05) is 40.7 Å². The Labute approximate surface area is 190 Å². The van der Waals surface area contributed by atoms with E-state index in [-0.39, 0.29) is 24.4 Å². The molecule has 2 N–H and O–H groups in total. The Balaban J connectivity index is 1.63. The molecule has 31 heavy (non-hydrogen) atoms. The number of hydrogen-bond donors (Lipinski definition) is 2. The zero-order valence-electron chi connectivity index (χ0n) is 18.0. The van der Waals surface area contributed by atoms with Gasteiger partial charge in [-0.3, -0.25) is 5.32 Å². The van der Waals surface area contributed by atoms with E-state index in [1.165, 1.54) is 6.07 Å². The smallest absolute Gasteiger partial charge is 0.411 e. The maximum atomic E-state index is 14.8. The number of ether oxygens (including phenoxy) is 3. The number of carbonyl (C=O) groups is 1. The minimum Gasteiger partial charge on any atom is -0.485 e. The molecule has 0 saturated carbocycles. The topological polar surface area (TPSA) is 68.8 Å². The number of aryl methyl sites for hydroxylation is 1. The molecule has 0 aromatic heterocycles. The van der Waals surface area contributed by atoms with Gasteiger partial charge in [0.1, 0.15) is 6.10 Å². The molecule has 0 bridgehead atoms. The molecule has 2 unspecified atom stereocenters. The SMILES string of the molecule is CNCc1cc(NC(=O)OCC(C)c2ccc(Br)cc2C)cc(F)c1OC1CCOC1. The largest absolute Gasteiger partial charge is 0.485 e. The fourth-order valence-electron chi connectivity index (χ4n) is 3.59. The molecule has 2 aromatic carbocycles. The molecule has 1 aliphatic heterocycles. The van der Waals surface area contributed by atoms with Crippen LogP contribution in [-0.2, 0) is 16.0 Å². The summed E-state index contributed by atoms with van der Waals surface area (Å²) in [5.74, 6) is -0.322. The lowest BCUT2D eigenvalue weighted by Crippen LogP contribution is -2.20. The maximum Gasteiger partial charge on any atom is 0.411 e. The van der Waals surface area contributed by atoms with Gasteiger partial charge in [-0.05, 0) is 43.3 Å². The minimum absolute atomic E-state index is 0.0276. The van der Waals surface area contributed by atoms with Crippen molar-refractivity contribution in [3.8, 4) is 5.75 Å². The molecule has 1 heterocycles. The number of benzene rings is 2. The number of carbonyl (C=O) groups excluding carboxylic acids is 1. The second-order valence-electron chi connectivity index (χ2n) is 7.71. The summed E-state index contributed by atoms with van der Waals surface area (Å²) in [6, 6.07) is 8.94. The van der Waals surface area contributed by atoms with Crippen LogP contribution in [0.3, 0.4) is 0 Å². The van der Waals surface area contributed by atoms with Gasteiger partial charge >= 0.3 is 6.09 Å². The van der Waals surface area contributed by atoms with Gasteiger partial charge in [-0.2, -0.15) is 0 Å². The van der Waals surface area contributed by atoms with E-state index in [2.05, 4.69) is 26.6 Å². The zero-order chi connectivity index (χ0) is 22.4. The summed E-state index contributed by atoms with van der Waals surface area (Å²) in [6.45, 7) is 5.67. The first-order valence-corrected chi connectivity index (χ1v) is 11.1. The van der Waals surface area contributed by atoms with E-state index in [4.69, 9.17) is 14.2 Å². The third kappa shape index (κ3) is 6.41. The minimum atomic E-state index is -0.630. The first-order chi connectivity index (χ1) is 14.9. The molecule has 3 rings (SSSR count). The molecule has 0 spiro atoms. The quantitative estimate of drug-likeness (QED) is 0.531. The first-order valence-electron chi connectivity index (χ1n) is 10.3. The van der Waals surface area contributed by atoms with Crippen LogP contribution in [0.1, 0.15) is 36.0 Å². The lowest BCUT2D eigenvalue weighted by molar-refractivity contribution is 0.137. The summed E-state index contributed by atoms with van der Waals surface area (Å²) in [7, 11) is 1.76. The van der Waals surface area contributed by atoms with Gasteiger partial charge in [0.15, 0.2) is 11.6 Å². The van der Waals surface area contributed by atoms with E-state index in [0.717, 1.165) is 22.0 Å². The normalized spacial score (nSPS) is 16.7. The molecular formula is C23H28BrFN2O4. The standard InChI is InChI=1S/C23H28BrFN2O4/c1-14-8-17(24)4-5-20(14)15(2)12-30-23(28)27-18-9-16(11-26-3)22(21(25)10-18)31-19-6-7-29-13-19/h4-5,8-10,15,19,26H,6-7,11-13H2,1-3H3,(H,27,28). The Bertz CT molecular complexity index is 919. The van der Waals surface area contributed by atoms with Gasteiger partial charge in [-0.15, -0.1) is 0 Å². The van der Waals surface area contributed by atoms with Crippen LogP contribution in [0.15, 0.2) is 34.8 Å². The van der Waals surface area contributed by atoms with E-state index in [1.807, 2.05) is 32.0 Å². The lowest BCUT2D eigenvalue weighted by atomic mass is 9.97. The molecule has 168 valence electrons. The summed E-state index contributed by atoms with van der Waals surface area (Å²) >= 11 is 3.45. The van der Waals surface area contributed by atoms with Crippen LogP contribution in [0.25, 0.3) is 0 Å². The van der Waals surface area contributed by atoms with Gasteiger partial charge in [0.25, 0.3) is 0 Å². The Hall–Kier alpha value is -2.16. The van der Waals surface area contributed by atoms with E-state index >= 15 is 0 Å². The van der Waals surface area contributed by atoms with Crippen molar-refractivity contribution in [2.75, 3.05) is 32.2 Å². The predicted molar refractivity (Wildman–Crippen MR) is 121 cm³/mol. The number of halogens is 2. The molecule has 0 radical (unpaired) electrons. The van der Waals surface area contributed by atoms with Gasteiger partial charge in [0.2, 0.25) is 0 Å². The van der Waals surface area contributed by atoms with Crippen molar-refractivity contribution in [3.63, 3.8) is 0 Å². The molecule has 0 aliphatic carbocycles. The Morgan fingerprint density at radius 1 is 1.35 bits per heavy atom. The summed E-state index contributed by atoms with van der Waals surface area (Å²) in [5.41, 5.74) is 3.16. The van der Waals surface area contributed by atoms with Crippen LogP contribution in [0.2, 0.25) is 0 Å². The molecule has 1 amide bonds. The van der Waals surface area contributed by atoms with Crippen LogP contribution in [0.4, 0.5) is 14.9 Å². The fourth-order valence-corrected chi connectivity index (χ4v) is 4.06. The van der Waals surface area contributed by atoms with Gasteiger partial charge < -0.3 is 19.5 Å². The van der Waals surface area contributed by atoms with Crippen LogP contribution in [0, 0.1) is 12.7 Å². The van der Waals surface area contributed by atoms with E-state index in [0.29, 0.717) is 31.0 Å². The van der Waals surface area contributed by atoms with E-state index in [1.54, 1.807) is 13.1 Å². The van der Waals surface area contributed by atoms with Crippen LogP contribution >= 0.6 is 15.9 Å². The van der Waals surface area contributed by atoms with Crippen molar-refractivity contribution >= 4 is 27.7 Å². The number of amides is 1. The van der Waals surface area contributed by atoms with Crippen molar-refractivity contribution in [2.24, 2.45) is 0 Å². The highest BCUT2D eigenvalue weighted by atomic mass is 79.9. The monoisotopic (exact) mass is 494 g/mol. The number of hydrogen-bond acceptors (Lipinski definition) is 5. The maximum absolute atomic E-state index is 14.8. The van der Waals surface area contributed by atoms with Crippen LogP contribution in [-0.4, -0.2) is 39.1 Å². The zero-order valence-corrected chi connectivity index (χ0v) is 19.6. The molecule has 1 aliphatic rings. The molecule has 1 fully saturated rings.